The predicted octanol–water partition coefficient (Wildman–Crippen LogP) is 0.806. The third-order valence-corrected chi connectivity index (χ3v) is 3.95. The van der Waals surface area contributed by atoms with E-state index in [1.54, 1.807) is 19.1 Å². The van der Waals surface area contributed by atoms with E-state index in [0.717, 1.165) is 5.56 Å². The Hall–Kier alpha value is -1.36. The van der Waals surface area contributed by atoms with E-state index >= 15 is 0 Å². The van der Waals surface area contributed by atoms with Gasteiger partial charge >= 0.3 is 0 Å². The smallest absolute Gasteiger partial charge is 0.221 e. The summed E-state index contributed by atoms with van der Waals surface area (Å²) in [5.74, 6) is -0.650. The van der Waals surface area contributed by atoms with Gasteiger partial charge in [-0.2, -0.15) is 0 Å². The molecule has 2 atom stereocenters. The molecule has 0 fully saturated rings. The zero-order valence-electron chi connectivity index (χ0n) is 9.40. The Labute approximate surface area is 97.5 Å². The lowest BCUT2D eigenvalue weighted by Gasteiger charge is -2.09. The van der Waals surface area contributed by atoms with E-state index in [0.29, 0.717) is 10.6 Å². The summed E-state index contributed by atoms with van der Waals surface area (Å²) < 4.78 is 12.0. The van der Waals surface area contributed by atoms with Crippen LogP contribution in [0.25, 0.3) is 0 Å². The predicted molar refractivity (Wildman–Crippen MR) is 65.2 cm³/mol. The van der Waals surface area contributed by atoms with E-state index in [-0.39, 0.29) is 5.75 Å². The molecule has 16 heavy (non-hydrogen) atoms. The van der Waals surface area contributed by atoms with E-state index in [1.165, 1.54) is 0 Å². The summed E-state index contributed by atoms with van der Waals surface area (Å²) in [5.41, 5.74) is 12.3. The molecule has 1 rings (SSSR count). The molecule has 0 aliphatic rings. The quantitative estimate of drug-likeness (QED) is 0.763. The van der Waals surface area contributed by atoms with E-state index in [9.17, 15) is 9.00 Å². The fourth-order valence-corrected chi connectivity index (χ4v) is 2.68. The minimum absolute atomic E-state index is 0.211. The minimum atomic E-state index is -1.28. The molecule has 1 amide bonds. The van der Waals surface area contributed by atoms with Crippen LogP contribution in [0.2, 0.25) is 0 Å². The summed E-state index contributed by atoms with van der Waals surface area (Å²) in [6, 6.07) is 5.35. The van der Waals surface area contributed by atoms with E-state index in [2.05, 4.69) is 0 Å². The Morgan fingerprint density at radius 1 is 1.50 bits per heavy atom. The summed E-state index contributed by atoms with van der Waals surface area (Å²) >= 11 is 0. The third-order valence-electron chi connectivity index (χ3n) is 2.30. The Kier molecular flexibility index (Phi) is 4.06. The second kappa shape index (κ2) is 5.12. The van der Waals surface area contributed by atoms with Gasteiger partial charge in [0.05, 0.1) is 15.7 Å². The Morgan fingerprint density at radius 2 is 2.12 bits per heavy atom. The first-order chi connectivity index (χ1) is 7.41. The molecule has 0 radical (unpaired) electrons. The highest BCUT2D eigenvalue weighted by atomic mass is 32.2. The number of carbonyl (C=O) groups excluding carboxylic acids is 1. The van der Waals surface area contributed by atoms with Gasteiger partial charge in [-0.3, -0.25) is 9.00 Å². The van der Waals surface area contributed by atoms with Gasteiger partial charge in [-0.25, -0.2) is 0 Å². The topological polar surface area (TPSA) is 86.2 Å². The van der Waals surface area contributed by atoms with E-state index in [1.807, 2.05) is 13.0 Å². The minimum Gasteiger partial charge on any atom is -0.398 e. The van der Waals surface area contributed by atoms with Crippen molar-refractivity contribution in [2.24, 2.45) is 11.7 Å². The molecule has 0 heterocycles. The number of rotatable bonds is 4. The molecule has 0 aromatic heterocycles. The zero-order chi connectivity index (χ0) is 12.3. The second-order valence-corrected chi connectivity index (χ2v) is 5.32. The SMILES string of the molecule is Cc1ccc(N)c(S(=O)CC(C)C(N)=O)c1. The first kappa shape index (κ1) is 12.7. The van der Waals surface area contributed by atoms with Crippen LogP contribution >= 0.6 is 0 Å². The highest BCUT2D eigenvalue weighted by Crippen LogP contribution is 2.19. The summed E-state index contributed by atoms with van der Waals surface area (Å²) in [6.45, 7) is 3.56. The normalized spacial score (nSPS) is 14.4. The van der Waals surface area contributed by atoms with Crippen molar-refractivity contribution >= 4 is 22.4 Å². The highest BCUT2D eigenvalue weighted by molar-refractivity contribution is 7.85. The first-order valence-corrected chi connectivity index (χ1v) is 6.27. The molecule has 0 aliphatic carbocycles. The number of aryl methyl sites for hydroxylation is 1. The van der Waals surface area contributed by atoms with Crippen LogP contribution in [0.1, 0.15) is 12.5 Å². The van der Waals surface area contributed by atoms with Crippen molar-refractivity contribution in [3.63, 3.8) is 0 Å². The highest BCUT2D eigenvalue weighted by Gasteiger charge is 2.16. The monoisotopic (exact) mass is 240 g/mol. The molecule has 88 valence electrons. The van der Waals surface area contributed by atoms with Gasteiger partial charge in [0.15, 0.2) is 0 Å². The van der Waals surface area contributed by atoms with Crippen LogP contribution in [0.15, 0.2) is 23.1 Å². The molecule has 1 aromatic rings. The van der Waals surface area contributed by atoms with Crippen molar-refractivity contribution in [2.45, 2.75) is 18.7 Å². The van der Waals surface area contributed by atoms with Gasteiger partial charge in [-0.15, -0.1) is 0 Å². The summed E-state index contributed by atoms with van der Waals surface area (Å²) in [7, 11) is -1.28. The zero-order valence-corrected chi connectivity index (χ0v) is 10.2. The lowest BCUT2D eigenvalue weighted by molar-refractivity contribution is -0.120. The van der Waals surface area contributed by atoms with Crippen LogP contribution < -0.4 is 11.5 Å². The molecule has 0 saturated heterocycles. The van der Waals surface area contributed by atoms with Gasteiger partial charge in [0.1, 0.15) is 0 Å². The number of primary amides is 1. The van der Waals surface area contributed by atoms with Gasteiger partial charge < -0.3 is 11.5 Å². The van der Waals surface area contributed by atoms with Gasteiger partial charge in [-0.05, 0) is 24.6 Å². The van der Waals surface area contributed by atoms with Crippen molar-refractivity contribution in [2.75, 3.05) is 11.5 Å². The maximum absolute atomic E-state index is 12.0. The molecule has 4 N–H and O–H groups in total. The van der Waals surface area contributed by atoms with Gasteiger partial charge in [-0.1, -0.05) is 13.0 Å². The number of benzene rings is 1. The molecule has 0 saturated carbocycles. The molecule has 0 aliphatic heterocycles. The maximum Gasteiger partial charge on any atom is 0.221 e. The Morgan fingerprint density at radius 3 is 2.69 bits per heavy atom. The lowest BCUT2D eigenvalue weighted by Crippen LogP contribution is -2.25. The third kappa shape index (κ3) is 3.06. The maximum atomic E-state index is 12.0. The van der Waals surface area contributed by atoms with Crippen molar-refractivity contribution < 1.29 is 9.00 Å². The molecular weight excluding hydrogens is 224 g/mol. The molecule has 4 nitrogen and oxygen atoms in total. The van der Waals surface area contributed by atoms with Gasteiger partial charge in [0.2, 0.25) is 5.91 Å². The van der Waals surface area contributed by atoms with E-state index in [4.69, 9.17) is 11.5 Å². The molecule has 1 aromatic carbocycles. The average Bonchev–Trinajstić information content (AvgIpc) is 2.21. The number of anilines is 1. The van der Waals surface area contributed by atoms with Crippen LogP contribution in [-0.2, 0) is 15.6 Å². The van der Waals surface area contributed by atoms with Crippen molar-refractivity contribution in [3.8, 4) is 0 Å². The largest absolute Gasteiger partial charge is 0.398 e. The van der Waals surface area contributed by atoms with Crippen LogP contribution in [0.3, 0.4) is 0 Å². The number of nitrogens with two attached hydrogens (primary N) is 2. The summed E-state index contributed by atoms with van der Waals surface area (Å²) in [4.78, 5) is 11.5. The molecule has 0 bridgehead atoms. The van der Waals surface area contributed by atoms with Crippen molar-refractivity contribution in [3.05, 3.63) is 23.8 Å². The Balaban J connectivity index is 2.88. The number of carbonyl (C=O) groups is 1. The molecule has 5 heteroatoms. The van der Waals surface area contributed by atoms with Crippen LogP contribution in [0.5, 0.6) is 0 Å². The molecule has 2 unspecified atom stereocenters. The Bertz CT molecular complexity index is 432. The lowest BCUT2D eigenvalue weighted by atomic mass is 10.2. The number of amides is 1. The molecular formula is C11H16N2O2S. The number of nitrogen functional groups attached to an aromatic ring is 1. The second-order valence-electron chi connectivity index (χ2n) is 3.86. The van der Waals surface area contributed by atoms with E-state index < -0.39 is 22.6 Å². The van der Waals surface area contributed by atoms with Crippen LogP contribution in [0, 0.1) is 12.8 Å². The fourth-order valence-electron chi connectivity index (χ4n) is 1.24. The van der Waals surface area contributed by atoms with Gasteiger partial charge in [0, 0.05) is 17.4 Å². The van der Waals surface area contributed by atoms with Gasteiger partial charge in [0.25, 0.3) is 0 Å². The summed E-state index contributed by atoms with van der Waals surface area (Å²) in [5, 5.41) is 0. The van der Waals surface area contributed by atoms with Crippen LogP contribution in [0.4, 0.5) is 5.69 Å². The molecule has 0 spiro atoms. The van der Waals surface area contributed by atoms with Crippen molar-refractivity contribution in [1.29, 1.82) is 0 Å². The fraction of sp³-hybridized carbons (Fsp3) is 0.364. The van der Waals surface area contributed by atoms with Crippen LogP contribution in [-0.4, -0.2) is 15.9 Å². The van der Waals surface area contributed by atoms with Crippen molar-refractivity contribution in [1.82, 2.24) is 0 Å². The number of hydrogen-bond donors (Lipinski definition) is 2. The standard InChI is InChI=1S/C11H16N2O2S/c1-7-3-4-9(12)10(5-7)16(15)6-8(2)11(13)14/h3-5,8H,6,12H2,1-2H3,(H2,13,14). The first-order valence-electron chi connectivity index (χ1n) is 4.95. The summed E-state index contributed by atoms with van der Waals surface area (Å²) in [6.07, 6.45) is 0. The number of hydrogen-bond acceptors (Lipinski definition) is 3. The average molecular weight is 240 g/mol.